The van der Waals surface area contributed by atoms with E-state index in [4.69, 9.17) is 37.0 Å². The SMILES string of the molecule is CCCCCCCCCCCCC(=O)OC[C@H](COP(=O)(O)OC[C@H](O)COP(=O)(O)OC[C@@H](COC(=O)CCCCCCCCCC(C)C)OC(=O)CCCCCCCCCCCCC(C)CC)OC(=O)CCCCCCCCC(C)CC. The minimum absolute atomic E-state index is 0.103. The van der Waals surface area contributed by atoms with E-state index in [2.05, 4.69) is 48.5 Å². The van der Waals surface area contributed by atoms with Crippen LogP contribution in [0.5, 0.6) is 0 Å². The van der Waals surface area contributed by atoms with Crippen LogP contribution < -0.4 is 0 Å². The predicted molar refractivity (Wildman–Crippen MR) is 335 cm³/mol. The Morgan fingerprint density at radius 3 is 0.905 bits per heavy atom. The van der Waals surface area contributed by atoms with Crippen LogP contribution in [0.4, 0.5) is 0 Å². The lowest BCUT2D eigenvalue weighted by molar-refractivity contribution is -0.161. The Labute approximate surface area is 511 Å². The van der Waals surface area contributed by atoms with E-state index in [9.17, 15) is 43.2 Å². The normalized spacial score (nSPS) is 15.0. The summed E-state index contributed by atoms with van der Waals surface area (Å²) in [6.07, 6.45) is 37.6. The van der Waals surface area contributed by atoms with Gasteiger partial charge in [0, 0.05) is 25.7 Å². The molecule has 0 saturated heterocycles. The largest absolute Gasteiger partial charge is 0.472 e. The number of unbranched alkanes of at least 4 members (excludes halogenated alkanes) is 29. The topological polar surface area (TPSA) is 237 Å². The van der Waals surface area contributed by atoms with Crippen LogP contribution in [-0.2, 0) is 65.4 Å². The third-order valence-corrected chi connectivity index (χ3v) is 17.5. The molecule has 7 atom stereocenters. The van der Waals surface area contributed by atoms with E-state index >= 15 is 0 Å². The van der Waals surface area contributed by atoms with E-state index in [1.807, 2.05) is 0 Å². The first kappa shape index (κ1) is 82.1. The predicted octanol–water partition coefficient (Wildman–Crippen LogP) is 17.9. The smallest absolute Gasteiger partial charge is 0.462 e. The molecule has 0 heterocycles. The molecule has 0 amide bonds. The number of ether oxygens (including phenoxy) is 4. The van der Waals surface area contributed by atoms with Crippen molar-refractivity contribution in [3.05, 3.63) is 0 Å². The van der Waals surface area contributed by atoms with E-state index in [0.29, 0.717) is 31.6 Å². The molecule has 0 aromatic carbocycles. The monoisotopic (exact) mass is 1240 g/mol. The van der Waals surface area contributed by atoms with Gasteiger partial charge in [0.05, 0.1) is 26.4 Å². The number of carbonyl (C=O) groups is 4. The van der Waals surface area contributed by atoms with Crippen molar-refractivity contribution in [2.24, 2.45) is 17.8 Å². The van der Waals surface area contributed by atoms with E-state index in [1.54, 1.807) is 0 Å². The molecule has 4 unspecified atom stereocenters. The number of esters is 4. The number of carbonyl (C=O) groups excluding carboxylic acids is 4. The summed E-state index contributed by atoms with van der Waals surface area (Å²) < 4.78 is 68.0. The van der Waals surface area contributed by atoms with Crippen molar-refractivity contribution in [3.8, 4) is 0 Å². The molecule has 0 aliphatic carbocycles. The van der Waals surface area contributed by atoms with Gasteiger partial charge in [0.25, 0.3) is 0 Å². The number of aliphatic hydroxyl groups excluding tert-OH is 1. The fraction of sp³-hybridized carbons (Fsp3) is 0.938. The standard InChI is InChI=1S/C65H126O17P2/c1-8-11-12-13-14-15-19-24-32-39-46-62(67)75-53-61(82-65(70)49-42-35-28-27-31-38-45-58(7)10-3)55-80-84(73,74)78-51-59(66)50-77-83(71,72)79-54-60(52-76-63(68)47-40-33-26-21-22-29-36-43-56(4)5)81-64(69)48-41-34-25-20-17-16-18-23-30-37-44-57(6)9-2/h56-61,66H,8-55H2,1-7H3,(H,71,72)(H,73,74)/t57?,58?,59-,60-,61-/m1/s1. The van der Waals surface area contributed by atoms with Crippen LogP contribution in [-0.4, -0.2) is 96.7 Å². The van der Waals surface area contributed by atoms with Gasteiger partial charge < -0.3 is 33.8 Å². The van der Waals surface area contributed by atoms with Crippen LogP contribution in [0.2, 0.25) is 0 Å². The minimum atomic E-state index is -4.95. The van der Waals surface area contributed by atoms with Crippen LogP contribution in [0.3, 0.4) is 0 Å². The molecule has 19 heteroatoms. The van der Waals surface area contributed by atoms with Gasteiger partial charge in [-0.2, -0.15) is 0 Å². The number of hydrogen-bond donors (Lipinski definition) is 3. The summed E-state index contributed by atoms with van der Waals surface area (Å²) in [5.41, 5.74) is 0. The first-order chi connectivity index (χ1) is 40.3. The lowest BCUT2D eigenvalue weighted by Crippen LogP contribution is -2.30. The fourth-order valence-electron chi connectivity index (χ4n) is 9.59. The molecular formula is C65H126O17P2. The first-order valence-corrected chi connectivity index (χ1v) is 36.9. The molecule has 0 rings (SSSR count). The maximum atomic E-state index is 13.0. The van der Waals surface area contributed by atoms with Crippen LogP contribution in [0.25, 0.3) is 0 Å². The average Bonchev–Trinajstić information content (AvgIpc) is 3.49. The van der Waals surface area contributed by atoms with Crippen molar-refractivity contribution < 1.29 is 80.2 Å². The highest BCUT2D eigenvalue weighted by Gasteiger charge is 2.30. The Morgan fingerprint density at radius 2 is 0.607 bits per heavy atom. The quantitative estimate of drug-likeness (QED) is 0.0222. The minimum Gasteiger partial charge on any atom is -0.462 e. The van der Waals surface area contributed by atoms with E-state index in [0.717, 1.165) is 108 Å². The summed E-state index contributed by atoms with van der Waals surface area (Å²) >= 11 is 0. The maximum absolute atomic E-state index is 13.0. The molecule has 0 aliphatic rings. The molecule has 0 fully saturated rings. The van der Waals surface area contributed by atoms with Gasteiger partial charge in [-0.25, -0.2) is 9.13 Å². The van der Waals surface area contributed by atoms with E-state index in [1.165, 1.54) is 122 Å². The van der Waals surface area contributed by atoms with E-state index < -0.39 is 97.5 Å². The van der Waals surface area contributed by atoms with Gasteiger partial charge in [-0.05, 0) is 43.4 Å². The summed E-state index contributed by atoms with van der Waals surface area (Å²) in [7, 11) is -9.89. The zero-order chi connectivity index (χ0) is 62.4. The molecule has 84 heavy (non-hydrogen) atoms. The summed E-state index contributed by atoms with van der Waals surface area (Å²) in [4.78, 5) is 72.2. The van der Waals surface area contributed by atoms with Crippen molar-refractivity contribution in [3.63, 3.8) is 0 Å². The highest BCUT2D eigenvalue weighted by molar-refractivity contribution is 7.47. The zero-order valence-electron chi connectivity index (χ0n) is 54.4. The van der Waals surface area contributed by atoms with Gasteiger partial charge >= 0.3 is 39.5 Å². The highest BCUT2D eigenvalue weighted by Crippen LogP contribution is 2.45. The molecule has 498 valence electrons. The van der Waals surface area contributed by atoms with Crippen molar-refractivity contribution in [1.29, 1.82) is 0 Å². The Balaban J connectivity index is 5.25. The number of phosphoric ester groups is 2. The van der Waals surface area contributed by atoms with Gasteiger partial charge in [-0.15, -0.1) is 0 Å². The maximum Gasteiger partial charge on any atom is 0.472 e. The molecule has 0 aliphatic heterocycles. The van der Waals surface area contributed by atoms with E-state index in [-0.39, 0.29) is 25.7 Å². The van der Waals surface area contributed by atoms with Gasteiger partial charge in [0.1, 0.15) is 19.3 Å². The summed E-state index contributed by atoms with van der Waals surface area (Å²) in [6, 6.07) is 0. The third-order valence-electron chi connectivity index (χ3n) is 15.6. The molecule has 17 nitrogen and oxygen atoms in total. The Hall–Kier alpha value is -1.94. The molecule has 0 spiro atoms. The van der Waals surface area contributed by atoms with Crippen LogP contribution in [0.15, 0.2) is 0 Å². The second-order valence-electron chi connectivity index (χ2n) is 24.5. The van der Waals surface area contributed by atoms with Gasteiger partial charge in [-0.1, -0.05) is 267 Å². The van der Waals surface area contributed by atoms with Crippen LogP contribution >= 0.6 is 15.6 Å². The fourth-order valence-corrected chi connectivity index (χ4v) is 11.2. The Bertz CT molecular complexity index is 1670. The van der Waals surface area contributed by atoms with Crippen LogP contribution in [0.1, 0.15) is 318 Å². The molecule has 0 aromatic rings. The molecule has 3 N–H and O–H groups in total. The van der Waals surface area contributed by atoms with Gasteiger partial charge in [0.2, 0.25) is 0 Å². The summed E-state index contributed by atoms with van der Waals surface area (Å²) in [5, 5.41) is 10.5. The lowest BCUT2D eigenvalue weighted by atomic mass is 9.99. The number of phosphoric acid groups is 2. The second-order valence-corrected chi connectivity index (χ2v) is 27.4. The molecule has 0 aromatic heterocycles. The number of hydrogen-bond acceptors (Lipinski definition) is 15. The highest BCUT2D eigenvalue weighted by atomic mass is 31.2. The molecule has 0 bridgehead atoms. The average molecular weight is 1240 g/mol. The van der Waals surface area contributed by atoms with Crippen LogP contribution in [0, 0.1) is 17.8 Å². The summed E-state index contributed by atoms with van der Waals surface area (Å²) in [6.45, 7) is 11.7. The Morgan fingerprint density at radius 1 is 0.345 bits per heavy atom. The van der Waals surface area contributed by atoms with Crippen molar-refractivity contribution >= 4 is 39.5 Å². The van der Waals surface area contributed by atoms with Crippen molar-refractivity contribution in [2.75, 3.05) is 39.6 Å². The molecule has 0 saturated carbocycles. The van der Waals surface area contributed by atoms with Gasteiger partial charge in [0.15, 0.2) is 12.2 Å². The molecular weight excluding hydrogens is 1110 g/mol. The molecule has 0 radical (unpaired) electrons. The van der Waals surface area contributed by atoms with Gasteiger partial charge in [-0.3, -0.25) is 37.3 Å². The number of aliphatic hydroxyl groups is 1. The zero-order valence-corrected chi connectivity index (χ0v) is 56.1. The lowest BCUT2D eigenvalue weighted by Gasteiger charge is -2.21. The Kier molecular flexibility index (Phi) is 55.0. The third kappa shape index (κ3) is 56.6. The second kappa shape index (κ2) is 56.3. The van der Waals surface area contributed by atoms with Crippen molar-refractivity contribution in [2.45, 2.75) is 336 Å². The number of rotatable bonds is 63. The van der Waals surface area contributed by atoms with Crippen molar-refractivity contribution in [1.82, 2.24) is 0 Å². The summed E-state index contributed by atoms with van der Waals surface area (Å²) in [5.74, 6) is 0.0910. The first-order valence-electron chi connectivity index (χ1n) is 33.9.